The molecule has 2 rings (SSSR count). The van der Waals surface area contributed by atoms with Gasteiger partial charge in [0.15, 0.2) is 0 Å². The molecule has 2 unspecified atom stereocenters. The molecule has 0 aliphatic heterocycles. The largest absolute Gasteiger partial charge is 0.478 e. The van der Waals surface area contributed by atoms with Gasteiger partial charge >= 0.3 is 5.97 Å². The van der Waals surface area contributed by atoms with Crippen LogP contribution >= 0.6 is 0 Å². The van der Waals surface area contributed by atoms with E-state index in [-0.39, 0.29) is 0 Å². The predicted octanol–water partition coefficient (Wildman–Crippen LogP) is 3.69. The quantitative estimate of drug-likeness (QED) is 0.881. The van der Waals surface area contributed by atoms with E-state index in [1.54, 1.807) is 12.1 Å². The number of carboxylic acid groups (broad SMARTS) is 1. The fourth-order valence-electron chi connectivity index (χ4n) is 3.53. The number of benzene rings is 1. The number of carbonyl (C=O) groups is 1. The molecule has 0 heterocycles. The summed E-state index contributed by atoms with van der Waals surface area (Å²) in [4.78, 5) is 10.8. The highest BCUT2D eigenvalue weighted by molar-refractivity contribution is 5.87. The zero-order valence-electron chi connectivity index (χ0n) is 12.6. The third-order valence-corrected chi connectivity index (χ3v) is 4.18. The monoisotopic (exact) mass is 275 g/mol. The van der Waals surface area contributed by atoms with E-state index in [2.05, 4.69) is 26.1 Å². The van der Waals surface area contributed by atoms with Gasteiger partial charge < -0.3 is 10.4 Å². The zero-order valence-corrected chi connectivity index (χ0v) is 12.6. The lowest BCUT2D eigenvalue weighted by Crippen LogP contribution is -2.39. The number of hydrogen-bond donors (Lipinski definition) is 2. The van der Waals surface area contributed by atoms with Gasteiger partial charge in [0, 0.05) is 12.6 Å². The summed E-state index contributed by atoms with van der Waals surface area (Å²) in [6.45, 7) is 7.84. The summed E-state index contributed by atoms with van der Waals surface area (Å²) in [7, 11) is 0. The van der Waals surface area contributed by atoms with Crippen LogP contribution in [-0.4, -0.2) is 17.1 Å². The Morgan fingerprint density at radius 1 is 1.30 bits per heavy atom. The summed E-state index contributed by atoms with van der Waals surface area (Å²) in [5.41, 5.74) is 1.91. The highest BCUT2D eigenvalue weighted by atomic mass is 16.4. The van der Waals surface area contributed by atoms with Crippen molar-refractivity contribution in [1.29, 1.82) is 0 Å². The van der Waals surface area contributed by atoms with Crippen LogP contribution in [0, 0.1) is 11.3 Å². The molecule has 0 amide bonds. The second-order valence-electron chi connectivity index (χ2n) is 6.99. The van der Waals surface area contributed by atoms with Crippen LogP contribution < -0.4 is 5.32 Å². The van der Waals surface area contributed by atoms with Gasteiger partial charge in [-0.25, -0.2) is 4.79 Å². The molecule has 0 spiro atoms. The smallest absolute Gasteiger partial charge is 0.335 e. The maximum Gasteiger partial charge on any atom is 0.335 e. The maximum atomic E-state index is 10.8. The number of aromatic carboxylic acids is 1. The molecule has 1 aliphatic rings. The minimum Gasteiger partial charge on any atom is -0.478 e. The van der Waals surface area contributed by atoms with Crippen LogP contribution in [0.1, 0.15) is 56.0 Å². The van der Waals surface area contributed by atoms with Gasteiger partial charge in [0.2, 0.25) is 0 Å². The minimum atomic E-state index is -0.868. The topological polar surface area (TPSA) is 49.3 Å². The van der Waals surface area contributed by atoms with Gasteiger partial charge in [-0.05, 0) is 48.3 Å². The van der Waals surface area contributed by atoms with E-state index in [1.165, 1.54) is 19.3 Å². The van der Waals surface area contributed by atoms with Crippen molar-refractivity contribution in [3.8, 4) is 0 Å². The number of nitrogens with one attached hydrogen (secondary N) is 1. The van der Waals surface area contributed by atoms with Crippen molar-refractivity contribution in [2.75, 3.05) is 0 Å². The normalized spacial score (nSPS) is 25.4. The molecule has 0 aromatic heterocycles. The van der Waals surface area contributed by atoms with Gasteiger partial charge in [0.05, 0.1) is 5.56 Å². The second-order valence-corrected chi connectivity index (χ2v) is 6.99. The van der Waals surface area contributed by atoms with Crippen molar-refractivity contribution in [3.63, 3.8) is 0 Å². The highest BCUT2D eigenvalue weighted by Gasteiger charge is 2.31. The third kappa shape index (κ3) is 4.07. The first-order valence-corrected chi connectivity index (χ1v) is 7.41. The number of hydrogen-bond acceptors (Lipinski definition) is 2. The van der Waals surface area contributed by atoms with Crippen LogP contribution in [0.4, 0.5) is 0 Å². The van der Waals surface area contributed by atoms with E-state index >= 15 is 0 Å². The van der Waals surface area contributed by atoms with Crippen molar-refractivity contribution in [1.82, 2.24) is 5.32 Å². The molecular formula is C17H25NO2. The molecule has 1 saturated carbocycles. The van der Waals surface area contributed by atoms with Gasteiger partial charge in [-0.3, -0.25) is 0 Å². The molecule has 0 bridgehead atoms. The number of rotatable bonds is 4. The Kier molecular flexibility index (Phi) is 4.48. The van der Waals surface area contributed by atoms with Crippen LogP contribution in [0.5, 0.6) is 0 Å². The molecular weight excluding hydrogens is 250 g/mol. The molecule has 1 aromatic rings. The molecule has 1 fully saturated rings. The van der Waals surface area contributed by atoms with Crippen LogP contribution in [0.2, 0.25) is 0 Å². The molecule has 3 heteroatoms. The molecule has 0 saturated heterocycles. The first kappa shape index (κ1) is 15.0. The fraction of sp³-hybridized carbons (Fsp3) is 0.588. The Morgan fingerprint density at radius 3 is 2.50 bits per heavy atom. The molecule has 2 atom stereocenters. The predicted molar refractivity (Wildman–Crippen MR) is 80.8 cm³/mol. The van der Waals surface area contributed by atoms with Crippen LogP contribution in [0.25, 0.3) is 0 Å². The van der Waals surface area contributed by atoms with Crippen LogP contribution in [0.15, 0.2) is 24.3 Å². The fourth-order valence-corrected chi connectivity index (χ4v) is 3.53. The average molecular weight is 275 g/mol. The SMILES string of the molecule is CC1CC(NCc2ccc(C(=O)O)cc2)CC(C)(C)C1. The van der Waals surface area contributed by atoms with E-state index in [1.807, 2.05) is 12.1 Å². The average Bonchev–Trinajstić information content (AvgIpc) is 2.34. The Bertz CT molecular complexity index is 464. The molecule has 110 valence electrons. The third-order valence-electron chi connectivity index (χ3n) is 4.18. The summed E-state index contributed by atoms with van der Waals surface area (Å²) in [6.07, 6.45) is 3.75. The van der Waals surface area contributed by atoms with Gasteiger partial charge in [-0.2, -0.15) is 0 Å². The van der Waals surface area contributed by atoms with E-state index in [0.29, 0.717) is 17.0 Å². The summed E-state index contributed by atoms with van der Waals surface area (Å²) < 4.78 is 0. The van der Waals surface area contributed by atoms with E-state index < -0.39 is 5.97 Å². The molecule has 1 aliphatic carbocycles. The van der Waals surface area contributed by atoms with Crippen molar-refractivity contribution in [2.24, 2.45) is 11.3 Å². The molecule has 3 nitrogen and oxygen atoms in total. The van der Waals surface area contributed by atoms with Crippen LogP contribution in [0.3, 0.4) is 0 Å². The van der Waals surface area contributed by atoms with Crippen molar-refractivity contribution < 1.29 is 9.90 Å². The minimum absolute atomic E-state index is 0.348. The van der Waals surface area contributed by atoms with Gasteiger partial charge in [-0.15, -0.1) is 0 Å². The summed E-state index contributed by atoms with van der Waals surface area (Å²) in [6, 6.07) is 7.70. The molecule has 20 heavy (non-hydrogen) atoms. The molecule has 2 N–H and O–H groups in total. The lowest BCUT2D eigenvalue weighted by atomic mass is 9.70. The lowest BCUT2D eigenvalue weighted by Gasteiger charge is -2.39. The Morgan fingerprint density at radius 2 is 1.95 bits per heavy atom. The van der Waals surface area contributed by atoms with Crippen molar-refractivity contribution in [2.45, 2.75) is 52.6 Å². The Balaban J connectivity index is 1.90. The summed E-state index contributed by atoms with van der Waals surface area (Å²) in [5, 5.41) is 12.5. The number of carboxylic acids is 1. The van der Waals surface area contributed by atoms with Gasteiger partial charge in [0.25, 0.3) is 0 Å². The Hall–Kier alpha value is -1.35. The molecule has 1 aromatic carbocycles. The second kappa shape index (κ2) is 5.96. The highest BCUT2D eigenvalue weighted by Crippen LogP contribution is 2.38. The Labute approximate surface area is 121 Å². The summed E-state index contributed by atoms with van der Waals surface area (Å²) >= 11 is 0. The van der Waals surface area contributed by atoms with E-state index in [9.17, 15) is 4.79 Å². The standard InChI is InChI=1S/C17H25NO2/c1-12-8-15(10-17(2,3)9-12)18-11-13-4-6-14(7-5-13)16(19)20/h4-7,12,15,18H,8-11H2,1-3H3,(H,19,20). The van der Waals surface area contributed by atoms with E-state index in [4.69, 9.17) is 5.11 Å². The first-order chi connectivity index (χ1) is 9.35. The van der Waals surface area contributed by atoms with Crippen molar-refractivity contribution in [3.05, 3.63) is 35.4 Å². The summed E-state index contributed by atoms with van der Waals surface area (Å²) in [5.74, 6) is -0.0991. The first-order valence-electron chi connectivity index (χ1n) is 7.41. The maximum absolute atomic E-state index is 10.8. The van der Waals surface area contributed by atoms with Gasteiger partial charge in [0.1, 0.15) is 0 Å². The van der Waals surface area contributed by atoms with Crippen molar-refractivity contribution >= 4 is 5.97 Å². The van der Waals surface area contributed by atoms with E-state index in [0.717, 1.165) is 18.0 Å². The van der Waals surface area contributed by atoms with Crippen LogP contribution in [-0.2, 0) is 6.54 Å². The lowest BCUT2D eigenvalue weighted by molar-refractivity contribution is 0.0697. The zero-order chi connectivity index (χ0) is 14.8. The molecule has 0 radical (unpaired) electrons. The van der Waals surface area contributed by atoms with Gasteiger partial charge in [-0.1, -0.05) is 32.9 Å².